The van der Waals surface area contributed by atoms with Crippen LogP contribution in [0.5, 0.6) is 0 Å². The van der Waals surface area contributed by atoms with Crippen LogP contribution in [0.15, 0.2) is 12.3 Å². The molecule has 1 aromatic rings. The highest BCUT2D eigenvalue weighted by atomic mass is 15.3. The molecule has 1 atom stereocenters. The number of rotatable bonds is 7. The fourth-order valence-corrected chi connectivity index (χ4v) is 2.29. The first-order valence-electron chi connectivity index (χ1n) is 6.83. The van der Waals surface area contributed by atoms with Gasteiger partial charge < -0.3 is 5.73 Å². The predicted octanol–water partition coefficient (Wildman–Crippen LogP) is 2.18. The lowest BCUT2D eigenvalue weighted by Gasteiger charge is -2.35. The van der Waals surface area contributed by atoms with E-state index in [1.807, 2.05) is 17.9 Å². The minimum absolute atomic E-state index is 0.155. The predicted molar refractivity (Wildman–Crippen MR) is 76.3 cm³/mol. The number of hydrogen-bond donors (Lipinski definition) is 1. The minimum atomic E-state index is 0.155. The summed E-state index contributed by atoms with van der Waals surface area (Å²) in [6, 6.07) is 2.48. The maximum atomic E-state index is 5.86. The molecule has 1 rings (SSSR count). The second kappa shape index (κ2) is 6.34. The smallest absolute Gasteiger partial charge is 0.0549 e. The van der Waals surface area contributed by atoms with Crippen molar-refractivity contribution in [3.63, 3.8) is 0 Å². The van der Waals surface area contributed by atoms with Gasteiger partial charge in [-0.15, -0.1) is 0 Å². The minimum Gasteiger partial charge on any atom is -0.330 e. The first-order valence-corrected chi connectivity index (χ1v) is 6.83. The Bertz CT molecular complexity index is 356. The first kappa shape index (κ1) is 15.2. The van der Waals surface area contributed by atoms with Gasteiger partial charge in [0.05, 0.1) is 5.69 Å². The van der Waals surface area contributed by atoms with Crippen LogP contribution < -0.4 is 5.73 Å². The van der Waals surface area contributed by atoms with Crippen molar-refractivity contribution in [3.8, 4) is 0 Å². The Balaban J connectivity index is 2.82. The zero-order valence-electron chi connectivity index (χ0n) is 12.5. The van der Waals surface area contributed by atoms with Crippen LogP contribution in [0.2, 0.25) is 0 Å². The molecule has 104 valence electrons. The van der Waals surface area contributed by atoms with Gasteiger partial charge in [0.15, 0.2) is 0 Å². The van der Waals surface area contributed by atoms with Crippen molar-refractivity contribution < 1.29 is 0 Å². The van der Waals surface area contributed by atoms with Gasteiger partial charge in [0, 0.05) is 25.8 Å². The third-order valence-electron chi connectivity index (χ3n) is 3.53. The number of aromatic nitrogens is 2. The molecule has 2 N–H and O–H groups in total. The zero-order valence-corrected chi connectivity index (χ0v) is 12.5. The van der Waals surface area contributed by atoms with Crippen molar-refractivity contribution in [2.24, 2.45) is 18.2 Å². The van der Waals surface area contributed by atoms with Crippen LogP contribution in [0.3, 0.4) is 0 Å². The van der Waals surface area contributed by atoms with Gasteiger partial charge in [-0.1, -0.05) is 20.8 Å². The molecule has 0 saturated carbocycles. The van der Waals surface area contributed by atoms with Crippen LogP contribution in [0.25, 0.3) is 0 Å². The van der Waals surface area contributed by atoms with Crippen molar-refractivity contribution in [1.29, 1.82) is 0 Å². The lowest BCUT2D eigenvalue weighted by Crippen LogP contribution is -2.40. The molecule has 0 fully saturated rings. The highest BCUT2D eigenvalue weighted by Gasteiger charge is 2.25. The summed E-state index contributed by atoms with van der Waals surface area (Å²) in [6.45, 7) is 11.7. The van der Waals surface area contributed by atoms with Crippen molar-refractivity contribution >= 4 is 0 Å². The fourth-order valence-electron chi connectivity index (χ4n) is 2.29. The quantitative estimate of drug-likeness (QED) is 0.809. The normalized spacial score (nSPS) is 14.2. The molecule has 4 nitrogen and oxygen atoms in total. The summed E-state index contributed by atoms with van der Waals surface area (Å²) in [4.78, 5) is 2.50. The molecule has 0 aliphatic rings. The van der Waals surface area contributed by atoms with Gasteiger partial charge in [-0.25, -0.2) is 0 Å². The van der Waals surface area contributed by atoms with E-state index in [0.717, 1.165) is 19.5 Å². The molecule has 0 radical (unpaired) electrons. The summed E-state index contributed by atoms with van der Waals surface area (Å²) in [5.41, 5.74) is 7.27. The maximum absolute atomic E-state index is 5.86. The van der Waals surface area contributed by atoms with E-state index in [1.54, 1.807) is 0 Å². The summed E-state index contributed by atoms with van der Waals surface area (Å²) >= 11 is 0. The lowest BCUT2D eigenvalue weighted by molar-refractivity contribution is 0.136. The van der Waals surface area contributed by atoms with Gasteiger partial charge in [-0.3, -0.25) is 9.58 Å². The van der Waals surface area contributed by atoms with Crippen LogP contribution in [-0.4, -0.2) is 34.3 Å². The van der Waals surface area contributed by atoms with Gasteiger partial charge in [-0.2, -0.15) is 5.10 Å². The number of aryl methyl sites for hydroxylation is 1. The summed E-state index contributed by atoms with van der Waals surface area (Å²) < 4.78 is 1.96. The van der Waals surface area contributed by atoms with E-state index in [4.69, 9.17) is 5.73 Å². The Morgan fingerprint density at radius 2 is 2.17 bits per heavy atom. The van der Waals surface area contributed by atoms with Crippen molar-refractivity contribution in [1.82, 2.24) is 14.7 Å². The average molecular weight is 252 g/mol. The Morgan fingerprint density at radius 1 is 1.50 bits per heavy atom. The highest BCUT2D eigenvalue weighted by molar-refractivity contribution is 5.06. The zero-order chi connectivity index (χ0) is 13.8. The number of nitrogens with two attached hydrogens (primary N) is 1. The van der Waals surface area contributed by atoms with Crippen LogP contribution >= 0.6 is 0 Å². The second-order valence-corrected chi connectivity index (χ2v) is 5.89. The molecule has 0 bridgehead atoms. The molecule has 0 aromatic carbocycles. The fraction of sp³-hybridized carbons (Fsp3) is 0.786. The second-order valence-electron chi connectivity index (χ2n) is 5.89. The van der Waals surface area contributed by atoms with Crippen LogP contribution in [0.1, 0.15) is 45.9 Å². The number of nitrogens with zero attached hydrogens (tertiary/aromatic N) is 3. The van der Waals surface area contributed by atoms with E-state index in [9.17, 15) is 0 Å². The molecule has 0 spiro atoms. The summed E-state index contributed by atoms with van der Waals surface area (Å²) in [6.07, 6.45) is 3.02. The van der Waals surface area contributed by atoms with E-state index < -0.39 is 0 Å². The Kier molecular flexibility index (Phi) is 5.35. The molecule has 1 aromatic heterocycles. The average Bonchev–Trinajstić information content (AvgIpc) is 2.74. The van der Waals surface area contributed by atoms with E-state index >= 15 is 0 Å². The van der Waals surface area contributed by atoms with Gasteiger partial charge in [0.2, 0.25) is 0 Å². The molecule has 1 heterocycles. The maximum Gasteiger partial charge on any atom is 0.0549 e. The molecule has 0 saturated heterocycles. The molecule has 0 aliphatic heterocycles. The topological polar surface area (TPSA) is 47.1 Å². The summed E-state index contributed by atoms with van der Waals surface area (Å²) in [5.74, 6) is 0. The first-order chi connectivity index (χ1) is 8.41. The van der Waals surface area contributed by atoms with Gasteiger partial charge >= 0.3 is 0 Å². The SMILES string of the molecule is CCCN(CC(C)(C)CN)C(C)c1ccnn1C. The Morgan fingerprint density at radius 3 is 2.61 bits per heavy atom. The van der Waals surface area contributed by atoms with Crippen LogP contribution in [-0.2, 0) is 7.05 Å². The summed E-state index contributed by atoms with van der Waals surface area (Å²) in [7, 11) is 2.00. The van der Waals surface area contributed by atoms with E-state index in [-0.39, 0.29) is 5.41 Å². The van der Waals surface area contributed by atoms with E-state index in [1.165, 1.54) is 5.69 Å². The molecular weight excluding hydrogens is 224 g/mol. The molecule has 1 unspecified atom stereocenters. The molecule has 4 heteroatoms. The molecule has 18 heavy (non-hydrogen) atoms. The third kappa shape index (κ3) is 3.82. The van der Waals surface area contributed by atoms with Crippen LogP contribution in [0.4, 0.5) is 0 Å². The van der Waals surface area contributed by atoms with Gasteiger partial charge in [0.25, 0.3) is 0 Å². The molecular formula is C14H28N4. The number of hydrogen-bond acceptors (Lipinski definition) is 3. The van der Waals surface area contributed by atoms with E-state index in [0.29, 0.717) is 12.6 Å². The standard InChI is InChI=1S/C14H28N4/c1-6-9-18(11-14(3,4)10-15)12(2)13-7-8-16-17(13)5/h7-8,12H,6,9-11,15H2,1-5H3. The monoisotopic (exact) mass is 252 g/mol. The van der Waals surface area contributed by atoms with Crippen molar-refractivity contribution in [3.05, 3.63) is 18.0 Å². The lowest BCUT2D eigenvalue weighted by atomic mass is 9.92. The Labute approximate surface area is 111 Å². The summed E-state index contributed by atoms with van der Waals surface area (Å²) in [5, 5.41) is 4.26. The van der Waals surface area contributed by atoms with Gasteiger partial charge in [0.1, 0.15) is 0 Å². The third-order valence-corrected chi connectivity index (χ3v) is 3.53. The van der Waals surface area contributed by atoms with Gasteiger partial charge in [-0.05, 0) is 37.9 Å². The van der Waals surface area contributed by atoms with Crippen molar-refractivity contribution in [2.75, 3.05) is 19.6 Å². The van der Waals surface area contributed by atoms with E-state index in [2.05, 4.69) is 43.8 Å². The van der Waals surface area contributed by atoms with Crippen LogP contribution in [0, 0.1) is 5.41 Å². The molecule has 0 aliphatic carbocycles. The highest BCUT2D eigenvalue weighted by Crippen LogP contribution is 2.24. The largest absolute Gasteiger partial charge is 0.330 e. The molecule has 0 amide bonds. The van der Waals surface area contributed by atoms with Crippen molar-refractivity contribution in [2.45, 2.75) is 40.2 Å². The Hall–Kier alpha value is -0.870.